The number of carbonyl (C=O) groups excluding carboxylic acids is 3. The molecule has 3 aliphatic rings. The highest BCUT2D eigenvalue weighted by molar-refractivity contribution is 6.18. The molecule has 154 valence electrons. The van der Waals surface area contributed by atoms with Gasteiger partial charge in [-0.1, -0.05) is 23.8 Å². The van der Waals surface area contributed by atoms with Crippen molar-refractivity contribution in [3.63, 3.8) is 0 Å². The minimum atomic E-state index is -0.585. The topological polar surface area (TPSA) is 83.9 Å². The standard InChI is InChI=1S/C24H23NO5/c1-15-13-18-5-4-6-20(27)19(14-26)22(18)30-24(29)21(15)16-7-9-17(10-8-16)23(28)25-11-2-3-12-25/h5-10,14,27H,2-4,11-13H2,1H3. The van der Waals surface area contributed by atoms with Gasteiger partial charge in [-0.25, -0.2) is 4.79 Å². The Morgan fingerprint density at radius 2 is 1.83 bits per heavy atom. The first-order valence-corrected chi connectivity index (χ1v) is 10.1. The second kappa shape index (κ2) is 8.14. The SMILES string of the molecule is CC1=C(c2ccc(C(=O)N3CCCC3)cc2)C(=O)OC2=C(C=O)C(O)=CCC=C2C1. The molecule has 0 atom stereocenters. The highest BCUT2D eigenvalue weighted by Gasteiger charge is 2.29. The molecule has 6 nitrogen and oxygen atoms in total. The molecule has 1 N–H and O–H groups in total. The summed E-state index contributed by atoms with van der Waals surface area (Å²) in [5, 5.41) is 10.1. The van der Waals surface area contributed by atoms with Gasteiger partial charge in [0, 0.05) is 18.7 Å². The van der Waals surface area contributed by atoms with E-state index in [0.717, 1.165) is 31.5 Å². The second-order valence-corrected chi connectivity index (χ2v) is 7.71. The molecule has 0 bridgehead atoms. The number of hydrogen-bond acceptors (Lipinski definition) is 5. The van der Waals surface area contributed by atoms with Gasteiger partial charge in [0.2, 0.25) is 0 Å². The summed E-state index contributed by atoms with van der Waals surface area (Å²) >= 11 is 0. The lowest BCUT2D eigenvalue weighted by Crippen LogP contribution is -2.27. The molecule has 4 rings (SSSR count). The molecule has 2 aliphatic heterocycles. The van der Waals surface area contributed by atoms with Crippen LogP contribution in [0.3, 0.4) is 0 Å². The highest BCUT2D eigenvalue weighted by atomic mass is 16.5. The van der Waals surface area contributed by atoms with Crippen molar-refractivity contribution >= 4 is 23.7 Å². The quantitative estimate of drug-likeness (QED) is 0.610. The zero-order valence-electron chi connectivity index (χ0n) is 16.8. The third-order valence-electron chi connectivity index (χ3n) is 5.70. The van der Waals surface area contributed by atoms with Crippen LogP contribution in [-0.4, -0.2) is 41.3 Å². The number of hydrogen-bond donors (Lipinski definition) is 1. The third-order valence-corrected chi connectivity index (χ3v) is 5.70. The van der Waals surface area contributed by atoms with Crippen LogP contribution < -0.4 is 0 Å². The van der Waals surface area contributed by atoms with Crippen LogP contribution >= 0.6 is 0 Å². The van der Waals surface area contributed by atoms with E-state index in [4.69, 9.17) is 4.74 Å². The van der Waals surface area contributed by atoms with Gasteiger partial charge in [-0.05, 0) is 62.0 Å². The first-order chi connectivity index (χ1) is 14.5. The number of rotatable bonds is 3. The molecule has 1 aromatic rings. The fourth-order valence-corrected chi connectivity index (χ4v) is 4.13. The Bertz CT molecular complexity index is 1030. The first kappa shape index (κ1) is 19.9. The fourth-order valence-electron chi connectivity index (χ4n) is 4.13. The van der Waals surface area contributed by atoms with Crippen molar-refractivity contribution in [2.75, 3.05) is 13.1 Å². The van der Waals surface area contributed by atoms with Gasteiger partial charge in [-0.15, -0.1) is 0 Å². The summed E-state index contributed by atoms with van der Waals surface area (Å²) < 4.78 is 5.57. The molecule has 2 heterocycles. The zero-order valence-corrected chi connectivity index (χ0v) is 16.8. The van der Waals surface area contributed by atoms with Crippen LogP contribution in [0.4, 0.5) is 0 Å². The Kier molecular flexibility index (Phi) is 5.40. The van der Waals surface area contributed by atoms with Crippen LogP contribution in [0.1, 0.15) is 48.5 Å². The number of benzene rings is 1. The van der Waals surface area contributed by atoms with Crippen molar-refractivity contribution in [2.45, 2.75) is 32.6 Å². The largest absolute Gasteiger partial charge is 0.507 e. The molecular formula is C24H23NO5. The number of allylic oxidation sites excluding steroid dienone is 5. The zero-order chi connectivity index (χ0) is 21.3. The first-order valence-electron chi connectivity index (χ1n) is 10.1. The Hall–Kier alpha value is -3.41. The van der Waals surface area contributed by atoms with Crippen molar-refractivity contribution in [1.82, 2.24) is 4.90 Å². The Balaban J connectivity index is 1.66. The number of carbonyl (C=O) groups is 3. The molecule has 1 fully saturated rings. The van der Waals surface area contributed by atoms with E-state index in [0.29, 0.717) is 41.4 Å². The smallest absolute Gasteiger partial charge is 0.344 e. The Labute approximate surface area is 174 Å². The van der Waals surface area contributed by atoms with Crippen molar-refractivity contribution in [1.29, 1.82) is 0 Å². The van der Waals surface area contributed by atoms with Gasteiger partial charge in [-0.3, -0.25) is 9.59 Å². The fraction of sp³-hybridized carbons (Fsp3) is 0.292. The van der Waals surface area contributed by atoms with Crippen molar-refractivity contribution in [3.8, 4) is 0 Å². The van der Waals surface area contributed by atoms with E-state index in [1.54, 1.807) is 24.3 Å². The van der Waals surface area contributed by atoms with E-state index < -0.39 is 5.97 Å². The van der Waals surface area contributed by atoms with Crippen LogP contribution in [0.5, 0.6) is 0 Å². The summed E-state index contributed by atoms with van der Waals surface area (Å²) in [6, 6.07) is 6.98. The molecule has 30 heavy (non-hydrogen) atoms. The lowest BCUT2D eigenvalue weighted by Gasteiger charge is -2.15. The predicted octanol–water partition coefficient (Wildman–Crippen LogP) is 3.87. The van der Waals surface area contributed by atoms with Gasteiger partial charge >= 0.3 is 5.97 Å². The lowest BCUT2D eigenvalue weighted by molar-refractivity contribution is -0.132. The highest BCUT2D eigenvalue weighted by Crippen LogP contribution is 2.36. The number of aliphatic hydroxyl groups excluding tert-OH is 1. The monoisotopic (exact) mass is 405 g/mol. The average molecular weight is 405 g/mol. The van der Waals surface area contributed by atoms with Crippen LogP contribution in [0.2, 0.25) is 0 Å². The number of amides is 1. The minimum Gasteiger partial charge on any atom is -0.507 e. The van der Waals surface area contributed by atoms with Crippen molar-refractivity contribution < 1.29 is 24.2 Å². The number of esters is 1. The molecule has 1 saturated heterocycles. The molecule has 1 aromatic carbocycles. The molecule has 0 unspecified atom stereocenters. The van der Waals surface area contributed by atoms with E-state index in [1.165, 1.54) is 6.08 Å². The molecule has 6 heteroatoms. The van der Waals surface area contributed by atoms with Crippen LogP contribution in [0.25, 0.3) is 5.57 Å². The summed E-state index contributed by atoms with van der Waals surface area (Å²) in [5.41, 5.74) is 3.12. The molecule has 0 saturated carbocycles. The number of nitrogens with zero attached hydrogens (tertiary/aromatic N) is 1. The molecular weight excluding hydrogens is 382 g/mol. The van der Waals surface area contributed by atoms with Gasteiger partial charge in [0.05, 0.1) is 11.1 Å². The maximum atomic E-state index is 13.0. The van der Waals surface area contributed by atoms with Crippen LogP contribution in [0.15, 0.2) is 64.7 Å². The van der Waals surface area contributed by atoms with Gasteiger partial charge in [0.25, 0.3) is 5.91 Å². The number of ether oxygens (including phenoxy) is 1. The maximum absolute atomic E-state index is 13.0. The van der Waals surface area contributed by atoms with E-state index >= 15 is 0 Å². The third kappa shape index (κ3) is 3.61. The van der Waals surface area contributed by atoms with E-state index in [1.807, 2.05) is 17.9 Å². The molecule has 1 amide bonds. The number of aldehydes is 1. The molecule has 0 aromatic heterocycles. The molecule has 0 radical (unpaired) electrons. The predicted molar refractivity (Wildman–Crippen MR) is 111 cm³/mol. The van der Waals surface area contributed by atoms with Crippen LogP contribution in [0, 0.1) is 0 Å². The number of fused-ring (bicyclic) bond motifs is 1. The summed E-state index contributed by atoms with van der Waals surface area (Å²) in [7, 11) is 0. The maximum Gasteiger partial charge on any atom is 0.344 e. The van der Waals surface area contributed by atoms with E-state index in [-0.39, 0.29) is 23.0 Å². The summed E-state index contributed by atoms with van der Waals surface area (Å²) in [5.74, 6) is -0.663. The minimum absolute atomic E-state index is 0.00339. The number of aliphatic hydroxyl groups is 1. The molecule has 0 spiro atoms. The summed E-state index contributed by atoms with van der Waals surface area (Å²) in [4.78, 5) is 38.9. The van der Waals surface area contributed by atoms with Crippen molar-refractivity contribution in [3.05, 3.63) is 75.8 Å². The normalized spacial score (nSPS) is 19.5. The average Bonchev–Trinajstić information content (AvgIpc) is 3.19. The van der Waals surface area contributed by atoms with Gasteiger partial charge in [0.1, 0.15) is 11.5 Å². The Morgan fingerprint density at radius 3 is 2.50 bits per heavy atom. The lowest BCUT2D eigenvalue weighted by atomic mass is 9.95. The van der Waals surface area contributed by atoms with E-state index in [9.17, 15) is 19.5 Å². The van der Waals surface area contributed by atoms with Crippen LogP contribution in [-0.2, 0) is 14.3 Å². The molecule has 1 aliphatic carbocycles. The Morgan fingerprint density at radius 1 is 1.13 bits per heavy atom. The van der Waals surface area contributed by atoms with E-state index in [2.05, 4.69) is 0 Å². The van der Waals surface area contributed by atoms with Crippen molar-refractivity contribution in [2.24, 2.45) is 0 Å². The summed E-state index contributed by atoms with van der Waals surface area (Å²) in [6.45, 7) is 3.41. The van der Waals surface area contributed by atoms with Gasteiger partial charge in [-0.2, -0.15) is 0 Å². The number of likely N-dealkylation sites (tertiary alicyclic amines) is 1. The van der Waals surface area contributed by atoms with Gasteiger partial charge < -0.3 is 14.7 Å². The summed E-state index contributed by atoms with van der Waals surface area (Å²) in [6.07, 6.45) is 6.79. The second-order valence-electron chi connectivity index (χ2n) is 7.71. The van der Waals surface area contributed by atoms with Gasteiger partial charge in [0.15, 0.2) is 6.29 Å².